The Labute approximate surface area is 120 Å². The maximum absolute atomic E-state index is 5.29. The summed E-state index contributed by atoms with van der Waals surface area (Å²) in [6.07, 6.45) is 2.99. The molecule has 0 aliphatic rings. The number of rotatable bonds is 7. The van der Waals surface area contributed by atoms with E-state index in [4.69, 9.17) is 4.52 Å². The Balaban J connectivity index is 1.89. The van der Waals surface area contributed by atoms with Crippen molar-refractivity contribution in [3.8, 4) is 0 Å². The SMILES string of the molecule is CCCC(C)(C)NCc1nc(Cc2ccccc2)no1. The quantitative estimate of drug-likeness (QED) is 0.840. The number of nitrogens with one attached hydrogen (secondary N) is 1. The van der Waals surface area contributed by atoms with Gasteiger partial charge in [-0.2, -0.15) is 4.98 Å². The molecule has 0 spiro atoms. The minimum Gasteiger partial charge on any atom is -0.338 e. The number of hydrogen-bond acceptors (Lipinski definition) is 4. The van der Waals surface area contributed by atoms with E-state index in [9.17, 15) is 0 Å². The summed E-state index contributed by atoms with van der Waals surface area (Å²) < 4.78 is 5.29. The molecule has 0 aliphatic heterocycles. The van der Waals surface area contributed by atoms with Crippen LogP contribution in [0, 0.1) is 0 Å². The van der Waals surface area contributed by atoms with E-state index in [1.165, 1.54) is 5.56 Å². The highest BCUT2D eigenvalue weighted by Gasteiger charge is 2.17. The number of benzene rings is 1. The molecule has 0 atom stereocenters. The average Bonchev–Trinajstić information content (AvgIpc) is 2.85. The van der Waals surface area contributed by atoms with E-state index < -0.39 is 0 Å². The molecule has 0 amide bonds. The Morgan fingerprint density at radius 1 is 1.20 bits per heavy atom. The predicted octanol–water partition coefficient (Wildman–Crippen LogP) is 3.33. The summed E-state index contributed by atoms with van der Waals surface area (Å²) in [7, 11) is 0. The van der Waals surface area contributed by atoms with Crippen LogP contribution >= 0.6 is 0 Å². The Kier molecular flexibility index (Phi) is 4.90. The minimum atomic E-state index is 0.100. The molecule has 108 valence electrons. The van der Waals surface area contributed by atoms with E-state index in [2.05, 4.69) is 48.4 Å². The highest BCUT2D eigenvalue weighted by Crippen LogP contribution is 2.12. The lowest BCUT2D eigenvalue weighted by Crippen LogP contribution is -2.38. The molecule has 1 heterocycles. The second-order valence-corrected chi connectivity index (χ2v) is 5.75. The molecule has 0 radical (unpaired) electrons. The fourth-order valence-corrected chi connectivity index (χ4v) is 2.24. The van der Waals surface area contributed by atoms with Crippen molar-refractivity contribution in [3.63, 3.8) is 0 Å². The van der Waals surface area contributed by atoms with Gasteiger partial charge in [0.2, 0.25) is 5.89 Å². The number of aromatic nitrogens is 2. The number of nitrogens with zero attached hydrogens (tertiary/aromatic N) is 2. The highest BCUT2D eigenvalue weighted by atomic mass is 16.5. The molecule has 1 aromatic carbocycles. The molecule has 0 saturated carbocycles. The third kappa shape index (κ3) is 4.46. The molecule has 0 unspecified atom stereocenters. The Bertz CT molecular complexity index is 520. The number of hydrogen-bond donors (Lipinski definition) is 1. The van der Waals surface area contributed by atoms with Crippen LogP contribution < -0.4 is 5.32 Å². The van der Waals surface area contributed by atoms with Crippen LogP contribution in [0.15, 0.2) is 34.9 Å². The molecule has 1 N–H and O–H groups in total. The second-order valence-electron chi connectivity index (χ2n) is 5.75. The van der Waals surface area contributed by atoms with E-state index in [0.29, 0.717) is 18.9 Å². The molecular formula is C16H23N3O. The van der Waals surface area contributed by atoms with Crippen molar-refractivity contribution in [2.24, 2.45) is 0 Å². The van der Waals surface area contributed by atoms with Crippen LogP contribution in [0.3, 0.4) is 0 Å². The monoisotopic (exact) mass is 273 g/mol. The molecule has 4 heteroatoms. The van der Waals surface area contributed by atoms with E-state index in [1.54, 1.807) is 0 Å². The van der Waals surface area contributed by atoms with Crippen LogP contribution in [0.2, 0.25) is 0 Å². The maximum atomic E-state index is 5.29. The zero-order valence-electron chi connectivity index (χ0n) is 12.5. The molecule has 4 nitrogen and oxygen atoms in total. The summed E-state index contributed by atoms with van der Waals surface area (Å²) in [6, 6.07) is 10.2. The fraction of sp³-hybridized carbons (Fsp3) is 0.500. The van der Waals surface area contributed by atoms with Gasteiger partial charge in [0.1, 0.15) is 0 Å². The van der Waals surface area contributed by atoms with Gasteiger partial charge < -0.3 is 9.84 Å². The zero-order chi connectivity index (χ0) is 14.4. The summed E-state index contributed by atoms with van der Waals surface area (Å²) in [5.41, 5.74) is 1.29. The van der Waals surface area contributed by atoms with Gasteiger partial charge in [-0.15, -0.1) is 0 Å². The molecule has 2 rings (SSSR count). The Morgan fingerprint density at radius 3 is 2.65 bits per heavy atom. The predicted molar refractivity (Wildman–Crippen MR) is 79.4 cm³/mol. The van der Waals surface area contributed by atoms with Crippen LogP contribution in [-0.4, -0.2) is 15.7 Å². The molecule has 0 fully saturated rings. The van der Waals surface area contributed by atoms with Crippen LogP contribution in [0.25, 0.3) is 0 Å². The van der Waals surface area contributed by atoms with Gasteiger partial charge >= 0.3 is 0 Å². The minimum absolute atomic E-state index is 0.100. The van der Waals surface area contributed by atoms with Crippen LogP contribution in [0.4, 0.5) is 0 Å². The highest BCUT2D eigenvalue weighted by molar-refractivity contribution is 5.18. The summed E-state index contributed by atoms with van der Waals surface area (Å²) in [5, 5.41) is 7.49. The van der Waals surface area contributed by atoms with Gasteiger partial charge in [-0.3, -0.25) is 0 Å². The summed E-state index contributed by atoms with van der Waals surface area (Å²) in [6.45, 7) is 7.19. The smallest absolute Gasteiger partial charge is 0.240 e. The maximum Gasteiger partial charge on any atom is 0.240 e. The first kappa shape index (κ1) is 14.7. The first-order valence-electron chi connectivity index (χ1n) is 7.19. The first-order valence-corrected chi connectivity index (χ1v) is 7.19. The molecule has 0 bridgehead atoms. The fourth-order valence-electron chi connectivity index (χ4n) is 2.24. The molecule has 0 aliphatic carbocycles. The van der Waals surface area contributed by atoms with Crippen molar-refractivity contribution in [1.29, 1.82) is 0 Å². The van der Waals surface area contributed by atoms with Crippen molar-refractivity contribution in [3.05, 3.63) is 47.6 Å². The first-order chi connectivity index (χ1) is 9.59. The van der Waals surface area contributed by atoms with Gasteiger partial charge in [-0.05, 0) is 25.8 Å². The molecule has 1 aromatic heterocycles. The lowest BCUT2D eigenvalue weighted by molar-refractivity contribution is 0.309. The van der Waals surface area contributed by atoms with E-state index >= 15 is 0 Å². The van der Waals surface area contributed by atoms with E-state index in [-0.39, 0.29) is 5.54 Å². The largest absolute Gasteiger partial charge is 0.338 e. The molecule has 2 aromatic rings. The van der Waals surface area contributed by atoms with Crippen LogP contribution in [0.5, 0.6) is 0 Å². The Hall–Kier alpha value is -1.68. The van der Waals surface area contributed by atoms with Gasteiger partial charge in [0, 0.05) is 12.0 Å². The van der Waals surface area contributed by atoms with Crippen molar-refractivity contribution < 1.29 is 4.52 Å². The van der Waals surface area contributed by atoms with Crippen LogP contribution in [0.1, 0.15) is 50.9 Å². The third-order valence-corrected chi connectivity index (χ3v) is 3.31. The van der Waals surface area contributed by atoms with Crippen molar-refractivity contribution in [1.82, 2.24) is 15.5 Å². The molecule has 20 heavy (non-hydrogen) atoms. The summed E-state index contributed by atoms with van der Waals surface area (Å²) in [4.78, 5) is 4.43. The molecular weight excluding hydrogens is 250 g/mol. The summed E-state index contributed by atoms with van der Waals surface area (Å²) >= 11 is 0. The van der Waals surface area contributed by atoms with Crippen molar-refractivity contribution in [2.75, 3.05) is 0 Å². The zero-order valence-corrected chi connectivity index (χ0v) is 12.5. The van der Waals surface area contributed by atoms with Crippen molar-refractivity contribution >= 4 is 0 Å². The van der Waals surface area contributed by atoms with Gasteiger partial charge in [-0.25, -0.2) is 0 Å². The van der Waals surface area contributed by atoms with Gasteiger partial charge in [-0.1, -0.05) is 48.8 Å². The summed E-state index contributed by atoms with van der Waals surface area (Å²) in [5.74, 6) is 1.39. The van der Waals surface area contributed by atoms with Crippen LogP contribution in [-0.2, 0) is 13.0 Å². The lowest BCUT2D eigenvalue weighted by Gasteiger charge is -2.24. The van der Waals surface area contributed by atoms with E-state index in [1.807, 2.05) is 18.2 Å². The lowest BCUT2D eigenvalue weighted by atomic mass is 9.99. The standard InChI is InChI=1S/C16H23N3O/c1-4-10-16(2,3)17-12-15-18-14(19-20-15)11-13-8-6-5-7-9-13/h5-9,17H,4,10-12H2,1-3H3. The normalized spacial score (nSPS) is 11.8. The van der Waals surface area contributed by atoms with Gasteiger partial charge in [0.15, 0.2) is 5.82 Å². The second kappa shape index (κ2) is 6.66. The van der Waals surface area contributed by atoms with Crippen molar-refractivity contribution in [2.45, 2.75) is 52.1 Å². The average molecular weight is 273 g/mol. The molecule has 0 saturated heterocycles. The third-order valence-electron chi connectivity index (χ3n) is 3.31. The van der Waals surface area contributed by atoms with E-state index in [0.717, 1.165) is 18.7 Å². The van der Waals surface area contributed by atoms with Gasteiger partial charge in [0.25, 0.3) is 0 Å². The topological polar surface area (TPSA) is 51.0 Å². The van der Waals surface area contributed by atoms with Gasteiger partial charge in [0.05, 0.1) is 6.54 Å². The Morgan fingerprint density at radius 2 is 1.95 bits per heavy atom.